The summed E-state index contributed by atoms with van der Waals surface area (Å²) >= 11 is 0. The molecule has 2 aromatic rings. The molecule has 6 heteroatoms. The van der Waals surface area contributed by atoms with Gasteiger partial charge in [0.25, 0.3) is 5.91 Å². The summed E-state index contributed by atoms with van der Waals surface area (Å²) in [5.41, 5.74) is 2.12. The Kier molecular flexibility index (Phi) is 4.32. The van der Waals surface area contributed by atoms with E-state index in [1.165, 1.54) is 24.3 Å². The number of amides is 1. The fraction of sp³-hybridized carbons (Fsp3) is 0.176. The van der Waals surface area contributed by atoms with Crippen LogP contribution in [0.1, 0.15) is 17.5 Å². The van der Waals surface area contributed by atoms with Crippen molar-refractivity contribution in [3.8, 4) is 0 Å². The van der Waals surface area contributed by atoms with E-state index in [0.717, 1.165) is 11.1 Å². The average Bonchev–Trinajstić information content (AvgIpc) is 3.05. The van der Waals surface area contributed by atoms with Crippen molar-refractivity contribution in [2.75, 3.05) is 0 Å². The van der Waals surface area contributed by atoms with Gasteiger partial charge in [0.15, 0.2) is 0 Å². The van der Waals surface area contributed by atoms with Gasteiger partial charge in [0.2, 0.25) is 6.10 Å². The highest BCUT2D eigenvalue weighted by atomic mass is 19.1. The first-order valence-electron chi connectivity index (χ1n) is 7.12. The van der Waals surface area contributed by atoms with Gasteiger partial charge >= 0.3 is 0 Å². The Hall–Kier alpha value is -2.76. The predicted octanol–water partition coefficient (Wildman–Crippen LogP) is 2.77. The van der Waals surface area contributed by atoms with Crippen LogP contribution < -0.4 is 5.32 Å². The number of benzene rings is 2. The monoisotopic (exact) mass is 316 g/mol. The van der Waals surface area contributed by atoms with Crippen molar-refractivity contribution in [3.05, 3.63) is 71.3 Å². The molecule has 0 saturated carbocycles. The molecule has 0 spiro atoms. The SMILES string of the molecule is O=C(NCc1ccc(F)cc1)[C@@H]1CC(c2ccc(F)cc2)=NO1. The highest BCUT2D eigenvalue weighted by Gasteiger charge is 2.28. The van der Waals surface area contributed by atoms with Crippen molar-refractivity contribution in [2.45, 2.75) is 19.1 Å². The minimum Gasteiger partial charge on any atom is -0.382 e. The minimum atomic E-state index is -0.712. The Bertz CT molecular complexity index is 727. The van der Waals surface area contributed by atoms with E-state index < -0.39 is 6.10 Å². The van der Waals surface area contributed by atoms with Crippen LogP contribution in [0.25, 0.3) is 0 Å². The van der Waals surface area contributed by atoms with Crippen LogP contribution in [0, 0.1) is 11.6 Å². The lowest BCUT2D eigenvalue weighted by atomic mass is 10.0. The number of nitrogens with one attached hydrogen (secondary N) is 1. The number of hydrogen-bond acceptors (Lipinski definition) is 3. The first-order chi connectivity index (χ1) is 11.1. The molecular weight excluding hydrogens is 302 g/mol. The van der Waals surface area contributed by atoms with Gasteiger partial charge in [-0.2, -0.15) is 0 Å². The normalized spacial score (nSPS) is 16.6. The molecule has 0 aliphatic carbocycles. The second kappa shape index (κ2) is 6.56. The molecule has 0 bridgehead atoms. The van der Waals surface area contributed by atoms with E-state index in [-0.39, 0.29) is 24.1 Å². The summed E-state index contributed by atoms with van der Waals surface area (Å²) in [5.74, 6) is -0.950. The molecule has 0 fully saturated rings. The molecule has 0 saturated heterocycles. The van der Waals surface area contributed by atoms with Crippen LogP contribution in [0.15, 0.2) is 53.7 Å². The number of nitrogens with zero attached hydrogens (tertiary/aromatic N) is 1. The van der Waals surface area contributed by atoms with Gasteiger partial charge in [0, 0.05) is 13.0 Å². The Labute approximate surface area is 131 Å². The molecule has 1 amide bonds. The molecule has 1 atom stereocenters. The number of oxime groups is 1. The van der Waals surface area contributed by atoms with E-state index in [1.54, 1.807) is 24.3 Å². The fourth-order valence-corrected chi connectivity index (χ4v) is 2.24. The molecule has 23 heavy (non-hydrogen) atoms. The fourth-order valence-electron chi connectivity index (χ4n) is 2.24. The summed E-state index contributed by atoms with van der Waals surface area (Å²) in [6.45, 7) is 0.283. The summed E-state index contributed by atoms with van der Waals surface area (Å²) in [7, 11) is 0. The van der Waals surface area contributed by atoms with Crippen molar-refractivity contribution in [3.63, 3.8) is 0 Å². The number of hydrogen-bond donors (Lipinski definition) is 1. The first kappa shape index (κ1) is 15.1. The third kappa shape index (κ3) is 3.71. The van der Waals surface area contributed by atoms with Gasteiger partial charge < -0.3 is 10.2 Å². The van der Waals surface area contributed by atoms with Crippen LogP contribution in [0.2, 0.25) is 0 Å². The number of halogens is 2. The molecule has 118 valence electrons. The van der Waals surface area contributed by atoms with Gasteiger partial charge in [-0.15, -0.1) is 0 Å². The molecule has 0 radical (unpaired) electrons. The topological polar surface area (TPSA) is 50.7 Å². The van der Waals surface area contributed by atoms with E-state index in [9.17, 15) is 13.6 Å². The van der Waals surface area contributed by atoms with Crippen molar-refractivity contribution >= 4 is 11.6 Å². The van der Waals surface area contributed by atoms with Crippen LogP contribution >= 0.6 is 0 Å². The summed E-state index contributed by atoms with van der Waals surface area (Å²) in [6.07, 6.45) is -0.392. The highest BCUT2D eigenvalue weighted by molar-refractivity contribution is 6.04. The molecule has 4 nitrogen and oxygen atoms in total. The molecule has 1 heterocycles. The lowest BCUT2D eigenvalue weighted by Crippen LogP contribution is -2.34. The zero-order valence-electron chi connectivity index (χ0n) is 12.1. The molecule has 1 aliphatic rings. The van der Waals surface area contributed by atoms with Gasteiger partial charge in [-0.3, -0.25) is 4.79 Å². The van der Waals surface area contributed by atoms with Gasteiger partial charge in [-0.05, 0) is 35.4 Å². The lowest BCUT2D eigenvalue weighted by molar-refractivity contribution is -0.131. The van der Waals surface area contributed by atoms with Gasteiger partial charge in [-0.1, -0.05) is 29.4 Å². The van der Waals surface area contributed by atoms with E-state index in [1.807, 2.05) is 0 Å². The Morgan fingerprint density at radius 2 is 1.70 bits per heavy atom. The smallest absolute Gasteiger partial charge is 0.264 e. The van der Waals surface area contributed by atoms with Gasteiger partial charge in [-0.25, -0.2) is 8.78 Å². The maximum absolute atomic E-state index is 12.9. The summed E-state index contributed by atoms with van der Waals surface area (Å²) in [5, 5.41) is 6.61. The molecule has 1 N–H and O–H groups in total. The van der Waals surface area contributed by atoms with Crippen LogP contribution in [-0.2, 0) is 16.2 Å². The highest BCUT2D eigenvalue weighted by Crippen LogP contribution is 2.17. The van der Waals surface area contributed by atoms with Gasteiger partial charge in [0.05, 0.1) is 5.71 Å². The zero-order chi connectivity index (χ0) is 16.2. The molecule has 2 aromatic carbocycles. The third-order valence-electron chi connectivity index (χ3n) is 3.52. The predicted molar refractivity (Wildman–Crippen MR) is 80.7 cm³/mol. The van der Waals surface area contributed by atoms with Crippen molar-refractivity contribution in [2.24, 2.45) is 5.16 Å². The van der Waals surface area contributed by atoms with Crippen molar-refractivity contribution in [1.29, 1.82) is 0 Å². The Balaban J connectivity index is 1.54. The molecule has 0 aromatic heterocycles. The van der Waals surface area contributed by atoms with E-state index in [4.69, 9.17) is 4.84 Å². The first-order valence-corrected chi connectivity index (χ1v) is 7.12. The van der Waals surface area contributed by atoms with Crippen LogP contribution in [0.3, 0.4) is 0 Å². The quantitative estimate of drug-likeness (QED) is 0.943. The summed E-state index contributed by atoms with van der Waals surface area (Å²) in [6, 6.07) is 11.7. The summed E-state index contributed by atoms with van der Waals surface area (Å²) in [4.78, 5) is 17.2. The Morgan fingerprint density at radius 3 is 2.35 bits per heavy atom. The third-order valence-corrected chi connectivity index (χ3v) is 3.52. The van der Waals surface area contributed by atoms with E-state index in [0.29, 0.717) is 12.1 Å². The standard InChI is InChI=1S/C17H14F2N2O2/c18-13-5-1-11(2-6-13)10-20-17(22)16-9-15(21-23-16)12-3-7-14(19)8-4-12/h1-8,16H,9-10H2,(H,20,22)/t16-/m0/s1. The maximum atomic E-state index is 12.9. The lowest BCUT2D eigenvalue weighted by Gasteiger charge is -2.09. The van der Waals surface area contributed by atoms with Crippen LogP contribution in [-0.4, -0.2) is 17.7 Å². The molecule has 0 unspecified atom stereocenters. The van der Waals surface area contributed by atoms with Gasteiger partial charge in [0.1, 0.15) is 11.6 Å². The van der Waals surface area contributed by atoms with Crippen LogP contribution in [0.4, 0.5) is 8.78 Å². The molecule has 3 rings (SSSR count). The maximum Gasteiger partial charge on any atom is 0.264 e. The zero-order valence-corrected chi connectivity index (χ0v) is 12.1. The number of carbonyl (C=O) groups excluding carboxylic acids is 1. The average molecular weight is 316 g/mol. The second-order valence-electron chi connectivity index (χ2n) is 5.19. The minimum absolute atomic E-state index is 0.283. The van der Waals surface area contributed by atoms with Crippen molar-refractivity contribution < 1.29 is 18.4 Å². The van der Waals surface area contributed by atoms with Crippen molar-refractivity contribution in [1.82, 2.24) is 5.32 Å². The largest absolute Gasteiger partial charge is 0.382 e. The van der Waals surface area contributed by atoms with E-state index in [2.05, 4.69) is 10.5 Å². The molecule has 1 aliphatic heterocycles. The Morgan fingerprint density at radius 1 is 1.09 bits per heavy atom. The number of rotatable bonds is 4. The van der Waals surface area contributed by atoms with Crippen LogP contribution in [0.5, 0.6) is 0 Å². The second-order valence-corrected chi connectivity index (χ2v) is 5.19. The van der Waals surface area contributed by atoms with E-state index >= 15 is 0 Å². The number of carbonyl (C=O) groups is 1. The molecular formula is C17H14F2N2O2. The summed E-state index contributed by atoms with van der Waals surface area (Å²) < 4.78 is 25.7.